The second-order valence-corrected chi connectivity index (χ2v) is 10.1. The van der Waals surface area contributed by atoms with Crippen molar-refractivity contribution in [1.29, 1.82) is 0 Å². The summed E-state index contributed by atoms with van der Waals surface area (Å²) in [6.07, 6.45) is 3.68. The summed E-state index contributed by atoms with van der Waals surface area (Å²) < 4.78 is 13.4. The van der Waals surface area contributed by atoms with Crippen LogP contribution >= 0.6 is 0 Å². The van der Waals surface area contributed by atoms with Gasteiger partial charge in [0.1, 0.15) is 29.7 Å². The van der Waals surface area contributed by atoms with E-state index in [0.717, 1.165) is 37.5 Å². The van der Waals surface area contributed by atoms with Crippen molar-refractivity contribution in [2.45, 2.75) is 50.0 Å². The first-order valence-corrected chi connectivity index (χ1v) is 12.0. The van der Waals surface area contributed by atoms with Crippen molar-refractivity contribution >= 4 is 11.8 Å². The largest absolute Gasteiger partial charge is 0.474 e. The Labute approximate surface area is 193 Å². The summed E-state index contributed by atoms with van der Waals surface area (Å²) in [6.45, 7) is 0. The Morgan fingerprint density at radius 2 is 1.00 bits per heavy atom. The van der Waals surface area contributed by atoms with Crippen molar-refractivity contribution in [3.63, 3.8) is 0 Å². The molecule has 0 radical (unpaired) electrons. The highest BCUT2D eigenvalue weighted by atomic mass is 16.5. The van der Waals surface area contributed by atoms with Crippen molar-refractivity contribution in [2.24, 2.45) is 15.4 Å². The first-order chi connectivity index (χ1) is 16.3. The van der Waals surface area contributed by atoms with Crippen molar-refractivity contribution in [3.05, 3.63) is 106 Å². The van der Waals surface area contributed by atoms with Crippen LogP contribution in [0.2, 0.25) is 0 Å². The maximum absolute atomic E-state index is 6.68. The zero-order valence-corrected chi connectivity index (χ0v) is 18.3. The molecule has 4 nitrogen and oxygen atoms in total. The highest BCUT2D eigenvalue weighted by Gasteiger charge is 2.56. The standard InChI is InChI=1S/C29H24N2O2/c1-2-10-20-16-29(15-19(20)9-1,27-30-25-21-11-5-3-7-17(21)13-23(25)32-27)28-31-26-22-12-6-4-8-18(22)14-24(26)33-28/h1-12,23-26H,13-16H2. The van der Waals surface area contributed by atoms with Gasteiger partial charge >= 0.3 is 0 Å². The molecule has 4 unspecified atom stereocenters. The van der Waals surface area contributed by atoms with Gasteiger partial charge in [-0.3, -0.25) is 0 Å². The molecule has 162 valence electrons. The van der Waals surface area contributed by atoms with Crippen molar-refractivity contribution in [1.82, 2.24) is 0 Å². The first-order valence-electron chi connectivity index (χ1n) is 12.0. The van der Waals surface area contributed by atoms with Gasteiger partial charge in [0, 0.05) is 12.8 Å². The molecule has 0 amide bonds. The van der Waals surface area contributed by atoms with Crippen LogP contribution in [0.25, 0.3) is 0 Å². The van der Waals surface area contributed by atoms with Gasteiger partial charge < -0.3 is 9.47 Å². The zero-order valence-electron chi connectivity index (χ0n) is 18.3. The lowest BCUT2D eigenvalue weighted by Gasteiger charge is -2.29. The molecule has 0 N–H and O–H groups in total. The van der Waals surface area contributed by atoms with Gasteiger partial charge in [0.15, 0.2) is 0 Å². The lowest BCUT2D eigenvalue weighted by molar-refractivity contribution is 0.164. The molecule has 2 heterocycles. The number of hydrogen-bond acceptors (Lipinski definition) is 4. The molecule has 0 bridgehead atoms. The fraction of sp³-hybridized carbons (Fsp3) is 0.310. The van der Waals surface area contributed by atoms with Gasteiger partial charge in [0.25, 0.3) is 0 Å². The average Bonchev–Trinajstić information content (AvgIpc) is 3.62. The van der Waals surface area contributed by atoms with Gasteiger partial charge in [-0.15, -0.1) is 0 Å². The molecule has 8 rings (SSSR count). The Hall–Kier alpha value is -3.40. The molecule has 33 heavy (non-hydrogen) atoms. The summed E-state index contributed by atoms with van der Waals surface area (Å²) in [5.41, 5.74) is 7.60. The molecule has 0 saturated carbocycles. The fourth-order valence-electron chi connectivity index (χ4n) is 6.67. The van der Waals surface area contributed by atoms with Gasteiger partial charge in [-0.05, 0) is 46.2 Å². The molecule has 3 aromatic rings. The Morgan fingerprint density at radius 3 is 1.48 bits per heavy atom. The van der Waals surface area contributed by atoms with Crippen molar-refractivity contribution < 1.29 is 9.47 Å². The van der Waals surface area contributed by atoms with Gasteiger partial charge in [0.2, 0.25) is 11.8 Å². The zero-order chi connectivity index (χ0) is 21.6. The van der Waals surface area contributed by atoms with Crippen LogP contribution in [0.4, 0.5) is 0 Å². The molecule has 0 aromatic heterocycles. The number of benzene rings is 3. The monoisotopic (exact) mass is 432 g/mol. The van der Waals surface area contributed by atoms with Crippen LogP contribution in [0.5, 0.6) is 0 Å². The lowest BCUT2D eigenvalue weighted by Crippen LogP contribution is -2.42. The molecular weight excluding hydrogens is 408 g/mol. The smallest absolute Gasteiger partial charge is 0.201 e. The van der Waals surface area contributed by atoms with E-state index in [4.69, 9.17) is 19.5 Å². The summed E-state index contributed by atoms with van der Waals surface area (Å²) in [7, 11) is 0. The summed E-state index contributed by atoms with van der Waals surface area (Å²) >= 11 is 0. The van der Waals surface area contributed by atoms with Crippen molar-refractivity contribution in [2.75, 3.05) is 0 Å². The minimum absolute atomic E-state index is 0.0824. The maximum atomic E-state index is 6.68. The van der Waals surface area contributed by atoms with E-state index in [9.17, 15) is 0 Å². The number of ether oxygens (including phenoxy) is 2. The Kier molecular flexibility index (Phi) is 3.47. The lowest BCUT2D eigenvalue weighted by atomic mass is 9.83. The number of aliphatic imine (C=N–C) groups is 2. The van der Waals surface area contributed by atoms with Crippen LogP contribution in [-0.2, 0) is 35.2 Å². The van der Waals surface area contributed by atoms with E-state index < -0.39 is 5.41 Å². The molecule has 3 aliphatic carbocycles. The number of rotatable bonds is 2. The van der Waals surface area contributed by atoms with E-state index in [-0.39, 0.29) is 24.3 Å². The summed E-state index contributed by atoms with van der Waals surface area (Å²) in [6, 6.07) is 26.1. The number of fused-ring (bicyclic) bond motifs is 7. The molecule has 4 atom stereocenters. The van der Waals surface area contributed by atoms with Crippen LogP contribution in [0.1, 0.15) is 45.5 Å². The topological polar surface area (TPSA) is 43.2 Å². The highest BCUT2D eigenvalue weighted by molar-refractivity contribution is 6.08. The van der Waals surface area contributed by atoms with Crippen molar-refractivity contribution in [3.8, 4) is 0 Å². The Bertz CT molecular complexity index is 1270. The third-order valence-corrected chi connectivity index (χ3v) is 8.25. The third kappa shape index (κ3) is 2.41. The first kappa shape index (κ1) is 18.1. The molecule has 3 aromatic carbocycles. The van der Waals surface area contributed by atoms with E-state index in [2.05, 4.69) is 72.8 Å². The molecule has 4 heteroatoms. The van der Waals surface area contributed by atoms with Gasteiger partial charge in [0.05, 0.1) is 0 Å². The minimum Gasteiger partial charge on any atom is -0.474 e. The van der Waals surface area contributed by atoms with Gasteiger partial charge in [-0.25, -0.2) is 9.98 Å². The predicted molar refractivity (Wildman–Crippen MR) is 127 cm³/mol. The summed E-state index contributed by atoms with van der Waals surface area (Å²) in [4.78, 5) is 10.5. The van der Waals surface area contributed by atoms with Crippen LogP contribution in [0.15, 0.2) is 82.8 Å². The van der Waals surface area contributed by atoms with Crippen LogP contribution in [-0.4, -0.2) is 24.0 Å². The summed E-state index contributed by atoms with van der Waals surface area (Å²) in [5, 5.41) is 0. The normalized spacial score (nSPS) is 29.2. The van der Waals surface area contributed by atoms with E-state index in [1.54, 1.807) is 0 Å². The molecular formula is C29H24N2O2. The molecule has 0 spiro atoms. The fourth-order valence-corrected chi connectivity index (χ4v) is 6.67. The Balaban J connectivity index is 1.24. The van der Waals surface area contributed by atoms with E-state index in [1.165, 1.54) is 33.4 Å². The van der Waals surface area contributed by atoms with E-state index in [1.807, 2.05) is 0 Å². The Morgan fingerprint density at radius 1 is 0.576 bits per heavy atom. The van der Waals surface area contributed by atoms with E-state index in [0.29, 0.717) is 0 Å². The SMILES string of the molecule is c1ccc2c(c1)CC(C1=NC3c4ccccc4CC3O1)(C1=NC3c4ccccc4CC3O1)C2. The second-order valence-electron chi connectivity index (χ2n) is 10.1. The molecule has 0 saturated heterocycles. The molecule has 2 aliphatic heterocycles. The summed E-state index contributed by atoms with van der Waals surface area (Å²) in [5.74, 6) is 1.66. The third-order valence-electron chi connectivity index (χ3n) is 8.25. The van der Waals surface area contributed by atoms with Crippen LogP contribution < -0.4 is 0 Å². The predicted octanol–water partition coefficient (Wildman–Crippen LogP) is 4.96. The van der Waals surface area contributed by atoms with Gasteiger partial charge in [-0.1, -0.05) is 72.8 Å². The number of nitrogens with zero attached hydrogens (tertiary/aromatic N) is 2. The number of hydrogen-bond donors (Lipinski definition) is 0. The van der Waals surface area contributed by atoms with Gasteiger partial charge in [-0.2, -0.15) is 0 Å². The quantitative estimate of drug-likeness (QED) is 0.574. The van der Waals surface area contributed by atoms with Crippen LogP contribution in [0, 0.1) is 5.41 Å². The second kappa shape index (κ2) is 6.34. The van der Waals surface area contributed by atoms with Crippen LogP contribution in [0.3, 0.4) is 0 Å². The maximum Gasteiger partial charge on any atom is 0.201 e. The molecule has 5 aliphatic rings. The minimum atomic E-state index is -0.442. The van der Waals surface area contributed by atoms with E-state index >= 15 is 0 Å². The highest BCUT2D eigenvalue weighted by Crippen LogP contribution is 2.51. The molecule has 0 fully saturated rings. The average molecular weight is 433 g/mol.